The first-order valence-corrected chi connectivity index (χ1v) is 5.43. The summed E-state index contributed by atoms with van der Waals surface area (Å²) in [6.45, 7) is 0. The third-order valence-corrected chi connectivity index (χ3v) is 2.57. The average molecular weight is 265 g/mol. The van der Waals surface area contributed by atoms with Gasteiger partial charge in [0.15, 0.2) is 0 Å². The zero-order valence-corrected chi connectivity index (χ0v) is 9.88. The maximum atomic E-state index is 11.3. The lowest BCUT2D eigenvalue weighted by atomic mass is 9.92. The van der Waals surface area contributed by atoms with Gasteiger partial charge in [0.2, 0.25) is 0 Å². The summed E-state index contributed by atoms with van der Waals surface area (Å²) in [6.07, 6.45) is -2.37. The molecule has 3 atom stereocenters. The minimum Gasteiger partial charge on any atom is -0.466 e. The molecule has 0 aromatic heterocycles. The highest BCUT2D eigenvalue weighted by Crippen LogP contribution is 2.22. The molecule has 0 spiro atoms. The van der Waals surface area contributed by atoms with E-state index >= 15 is 0 Å². The molecule has 0 unspecified atom stereocenters. The van der Waals surface area contributed by atoms with Crippen LogP contribution in [0, 0.1) is 0 Å². The fraction of sp³-hybridized carbons (Fsp3) is 0.600. The summed E-state index contributed by atoms with van der Waals surface area (Å²) in [4.78, 5) is 22.3. The molecule has 1 aliphatic rings. The van der Waals surface area contributed by atoms with Gasteiger partial charge in [-0.25, -0.2) is 4.79 Å². The molecule has 17 heavy (non-hydrogen) atoms. The predicted molar refractivity (Wildman–Crippen MR) is 57.3 cm³/mol. The van der Waals surface area contributed by atoms with E-state index in [0.717, 1.165) is 0 Å². The maximum absolute atomic E-state index is 11.3. The Morgan fingerprint density at radius 3 is 2.71 bits per heavy atom. The summed E-state index contributed by atoms with van der Waals surface area (Å²) in [5.41, 5.74) is 0.151. The van der Waals surface area contributed by atoms with Crippen LogP contribution in [-0.4, -0.2) is 53.5 Å². The number of aliphatic hydroxyl groups is 2. The smallest absolute Gasteiger partial charge is 0.333 e. The molecule has 0 heterocycles. The van der Waals surface area contributed by atoms with E-state index in [9.17, 15) is 19.8 Å². The van der Waals surface area contributed by atoms with Gasteiger partial charge in [0.1, 0.15) is 18.1 Å². The number of rotatable bonds is 3. The standard InChI is InChI=1S/C10H13ClO6/c1-16-10(15)5-2-6(12)9(14)7(3-5)17-8(13)4-11/h3,6-7,9,12,14H,2,4H2,1H3/t6-,7-,9+/m1/s1. The molecule has 6 nitrogen and oxygen atoms in total. The van der Waals surface area contributed by atoms with Crippen LogP contribution in [0.1, 0.15) is 6.42 Å². The highest BCUT2D eigenvalue weighted by molar-refractivity contribution is 6.26. The average Bonchev–Trinajstić information content (AvgIpc) is 2.33. The Labute approximate surface area is 103 Å². The third kappa shape index (κ3) is 3.42. The molecule has 96 valence electrons. The Kier molecular flexibility index (Phi) is 4.92. The molecule has 1 rings (SSSR count). The molecule has 7 heteroatoms. The van der Waals surface area contributed by atoms with Crippen molar-refractivity contribution in [3.05, 3.63) is 11.6 Å². The monoisotopic (exact) mass is 264 g/mol. The molecule has 2 N–H and O–H groups in total. The van der Waals surface area contributed by atoms with E-state index in [2.05, 4.69) is 4.74 Å². The van der Waals surface area contributed by atoms with E-state index in [1.165, 1.54) is 13.2 Å². The second-order valence-electron chi connectivity index (χ2n) is 3.53. The molecule has 0 aliphatic heterocycles. The van der Waals surface area contributed by atoms with Gasteiger partial charge in [-0.3, -0.25) is 4.79 Å². The molecule has 0 amide bonds. The van der Waals surface area contributed by atoms with Crippen molar-refractivity contribution in [3.63, 3.8) is 0 Å². The fourth-order valence-electron chi connectivity index (χ4n) is 1.50. The molecule has 0 aromatic rings. The Bertz CT molecular complexity index is 340. The van der Waals surface area contributed by atoms with E-state index in [1.54, 1.807) is 0 Å². The van der Waals surface area contributed by atoms with Gasteiger partial charge in [-0.1, -0.05) is 0 Å². The minimum atomic E-state index is -1.28. The van der Waals surface area contributed by atoms with Crippen molar-refractivity contribution < 1.29 is 29.3 Å². The van der Waals surface area contributed by atoms with E-state index in [1.807, 2.05) is 0 Å². The summed E-state index contributed by atoms with van der Waals surface area (Å²) >= 11 is 5.25. The first kappa shape index (κ1) is 14.0. The van der Waals surface area contributed by atoms with Gasteiger partial charge in [-0.15, -0.1) is 11.6 Å². The molecule has 0 saturated heterocycles. The second kappa shape index (κ2) is 6.00. The van der Waals surface area contributed by atoms with Gasteiger partial charge >= 0.3 is 11.9 Å². The van der Waals surface area contributed by atoms with Crippen LogP contribution in [0.4, 0.5) is 0 Å². The zero-order valence-electron chi connectivity index (χ0n) is 9.13. The number of carbonyl (C=O) groups excluding carboxylic acids is 2. The molecule has 0 aromatic carbocycles. The fourth-order valence-corrected chi connectivity index (χ4v) is 1.56. The number of halogens is 1. The van der Waals surface area contributed by atoms with Crippen LogP contribution < -0.4 is 0 Å². The first-order valence-electron chi connectivity index (χ1n) is 4.90. The van der Waals surface area contributed by atoms with Gasteiger partial charge in [0, 0.05) is 12.0 Å². The SMILES string of the molecule is COC(=O)C1=C[C@@H](OC(=O)CCl)[C@@H](O)[C@H](O)C1. The number of ether oxygens (including phenoxy) is 2. The van der Waals surface area contributed by atoms with Crippen LogP contribution in [0.3, 0.4) is 0 Å². The molecule has 0 fully saturated rings. The van der Waals surface area contributed by atoms with Crippen molar-refractivity contribution in [3.8, 4) is 0 Å². The summed E-state index contributed by atoms with van der Waals surface area (Å²) in [5.74, 6) is -1.76. The predicted octanol–water partition coefficient (Wildman–Crippen LogP) is -0.638. The van der Waals surface area contributed by atoms with Gasteiger partial charge in [-0.05, 0) is 6.08 Å². The van der Waals surface area contributed by atoms with Crippen molar-refractivity contribution in [1.29, 1.82) is 0 Å². The number of aliphatic hydroxyl groups excluding tert-OH is 2. The van der Waals surface area contributed by atoms with Crippen LogP contribution in [0.5, 0.6) is 0 Å². The van der Waals surface area contributed by atoms with Crippen molar-refractivity contribution in [1.82, 2.24) is 0 Å². The molecule has 1 aliphatic carbocycles. The molecule has 0 radical (unpaired) electrons. The Balaban J connectivity index is 2.84. The quantitative estimate of drug-likeness (QED) is 0.520. The number of esters is 2. The van der Waals surface area contributed by atoms with Crippen LogP contribution in [-0.2, 0) is 19.1 Å². The number of hydrogen-bond acceptors (Lipinski definition) is 6. The summed E-state index contributed by atoms with van der Waals surface area (Å²) in [5, 5.41) is 19.1. The van der Waals surface area contributed by atoms with Gasteiger partial charge < -0.3 is 19.7 Å². The van der Waals surface area contributed by atoms with Crippen molar-refractivity contribution in [2.24, 2.45) is 0 Å². The van der Waals surface area contributed by atoms with Gasteiger partial charge in [-0.2, -0.15) is 0 Å². The lowest BCUT2D eigenvalue weighted by Gasteiger charge is -2.29. The van der Waals surface area contributed by atoms with Gasteiger partial charge in [0.25, 0.3) is 0 Å². The molecule has 0 bridgehead atoms. The third-order valence-electron chi connectivity index (χ3n) is 2.35. The highest BCUT2D eigenvalue weighted by Gasteiger charge is 2.35. The largest absolute Gasteiger partial charge is 0.466 e. The second-order valence-corrected chi connectivity index (χ2v) is 3.80. The van der Waals surface area contributed by atoms with Crippen molar-refractivity contribution in [2.75, 3.05) is 13.0 Å². The van der Waals surface area contributed by atoms with Crippen molar-refractivity contribution in [2.45, 2.75) is 24.7 Å². The van der Waals surface area contributed by atoms with E-state index in [0.29, 0.717) is 0 Å². The topological polar surface area (TPSA) is 93.1 Å². The van der Waals surface area contributed by atoms with Crippen LogP contribution in [0.15, 0.2) is 11.6 Å². The van der Waals surface area contributed by atoms with Crippen LogP contribution in [0.2, 0.25) is 0 Å². The summed E-state index contributed by atoms with van der Waals surface area (Å²) in [6, 6.07) is 0. The van der Waals surface area contributed by atoms with Gasteiger partial charge in [0.05, 0.1) is 13.2 Å². The summed E-state index contributed by atoms with van der Waals surface area (Å²) < 4.78 is 9.27. The Morgan fingerprint density at radius 1 is 1.53 bits per heavy atom. The van der Waals surface area contributed by atoms with Crippen LogP contribution >= 0.6 is 11.6 Å². The molecule has 0 saturated carbocycles. The van der Waals surface area contributed by atoms with E-state index < -0.39 is 30.3 Å². The number of methoxy groups -OCH3 is 1. The van der Waals surface area contributed by atoms with E-state index in [4.69, 9.17) is 16.3 Å². The maximum Gasteiger partial charge on any atom is 0.333 e. The van der Waals surface area contributed by atoms with E-state index in [-0.39, 0.29) is 17.9 Å². The highest BCUT2D eigenvalue weighted by atomic mass is 35.5. The minimum absolute atomic E-state index is 0.0528. The number of hydrogen-bond donors (Lipinski definition) is 2. The van der Waals surface area contributed by atoms with Crippen LogP contribution in [0.25, 0.3) is 0 Å². The molecular formula is C10H13ClO6. The Morgan fingerprint density at radius 2 is 2.18 bits per heavy atom. The lowest BCUT2D eigenvalue weighted by molar-refractivity contribution is -0.154. The summed E-state index contributed by atoms with van der Waals surface area (Å²) in [7, 11) is 1.19. The number of alkyl halides is 1. The van der Waals surface area contributed by atoms with Crippen molar-refractivity contribution >= 4 is 23.5 Å². The number of carbonyl (C=O) groups is 2. The lowest BCUT2D eigenvalue weighted by Crippen LogP contribution is -2.43. The first-order chi connectivity index (χ1) is 7.99. The normalized spacial score (nSPS) is 28.2. The Hall–Kier alpha value is -1.11. The zero-order chi connectivity index (χ0) is 13.0. The molecular weight excluding hydrogens is 252 g/mol.